The largest absolute Gasteiger partial charge is 0.491 e. The molecule has 160 valence electrons. The van der Waals surface area contributed by atoms with E-state index in [9.17, 15) is 31.2 Å². The van der Waals surface area contributed by atoms with Gasteiger partial charge in [0.15, 0.2) is 0 Å². The summed E-state index contributed by atoms with van der Waals surface area (Å²) in [6.45, 7) is 0. The summed E-state index contributed by atoms with van der Waals surface area (Å²) in [5.74, 6) is -4.87. The number of nitrogens with two attached hydrogens (primary N) is 1. The zero-order chi connectivity index (χ0) is 22.7. The third-order valence-electron chi connectivity index (χ3n) is 3.31. The molecule has 0 aromatic heterocycles. The lowest BCUT2D eigenvalue weighted by atomic mass is 10.1. The minimum Gasteiger partial charge on any atom is -0.456 e. The van der Waals surface area contributed by atoms with Gasteiger partial charge in [0.05, 0.1) is 6.26 Å². The Morgan fingerprint density at radius 3 is 2.20 bits per heavy atom. The number of carbonyl (C=O) groups is 2. The molecule has 0 saturated carbocycles. The van der Waals surface area contributed by atoms with Gasteiger partial charge in [-0.2, -0.15) is 13.2 Å². The number of amidine groups is 1. The maximum absolute atomic E-state index is 12.4. The van der Waals surface area contributed by atoms with Gasteiger partial charge in [-0.25, -0.2) is 18.0 Å². The quantitative estimate of drug-likeness (QED) is 0.267. The molecule has 0 radical (unpaired) electrons. The fourth-order valence-electron chi connectivity index (χ4n) is 2.08. The highest BCUT2D eigenvalue weighted by Gasteiger charge is 2.43. The number of nitrogens with one attached hydrogen (secondary N) is 2. The van der Waals surface area contributed by atoms with Gasteiger partial charge >= 0.3 is 18.1 Å². The van der Waals surface area contributed by atoms with Crippen molar-refractivity contribution in [3.8, 4) is 11.5 Å². The van der Waals surface area contributed by atoms with Crippen molar-refractivity contribution in [3.63, 3.8) is 0 Å². The molecule has 0 aliphatic carbocycles. The minimum absolute atomic E-state index is 0.111. The van der Waals surface area contributed by atoms with E-state index in [0.29, 0.717) is 5.56 Å². The molecular weight excluding hydrogens is 431 g/mol. The second kappa shape index (κ2) is 8.41. The lowest BCUT2D eigenvalue weighted by Crippen LogP contribution is -2.28. The van der Waals surface area contributed by atoms with E-state index in [1.807, 2.05) is 4.72 Å². The number of rotatable bonds is 6. The molecule has 2 aromatic rings. The Bertz CT molecular complexity index is 1100. The molecule has 30 heavy (non-hydrogen) atoms. The van der Waals surface area contributed by atoms with E-state index in [1.54, 1.807) is 0 Å². The van der Waals surface area contributed by atoms with E-state index in [2.05, 4.69) is 4.74 Å². The standard InChI is InChI=1S/C17H14F3N3O6S/c1-30(26,27)23-10-4-7-13(28-11-5-2-9(3-6-11)14(21)22)12(8-10)15(24)29-16(25)17(18,19)20/h2-8,23H,1H3,(H3,21,22). The first kappa shape index (κ1) is 22.7. The first-order chi connectivity index (χ1) is 13.8. The normalized spacial score (nSPS) is 11.5. The van der Waals surface area contributed by atoms with E-state index in [0.717, 1.165) is 18.4 Å². The van der Waals surface area contributed by atoms with E-state index >= 15 is 0 Å². The predicted molar refractivity (Wildman–Crippen MR) is 98.9 cm³/mol. The Hall–Kier alpha value is -3.61. The predicted octanol–water partition coefficient (Wildman–Crippen LogP) is 2.38. The summed E-state index contributed by atoms with van der Waals surface area (Å²) in [6.07, 6.45) is -4.60. The van der Waals surface area contributed by atoms with Gasteiger partial charge in [-0.1, -0.05) is 0 Å². The lowest BCUT2D eigenvalue weighted by molar-refractivity contribution is -0.193. The third kappa shape index (κ3) is 6.20. The molecule has 9 nitrogen and oxygen atoms in total. The Balaban J connectivity index is 2.41. The van der Waals surface area contributed by atoms with Crippen LogP contribution in [0.5, 0.6) is 11.5 Å². The van der Waals surface area contributed by atoms with Crippen molar-refractivity contribution in [3.05, 3.63) is 53.6 Å². The summed E-state index contributed by atoms with van der Waals surface area (Å²) in [4.78, 5) is 23.1. The molecule has 4 N–H and O–H groups in total. The number of esters is 2. The first-order valence-electron chi connectivity index (χ1n) is 7.84. The number of carbonyl (C=O) groups excluding carboxylic acids is 2. The topological polar surface area (TPSA) is 149 Å². The zero-order valence-electron chi connectivity index (χ0n) is 15.1. The highest BCUT2D eigenvalue weighted by atomic mass is 32.2. The molecule has 2 aromatic carbocycles. The number of halogens is 3. The van der Waals surface area contributed by atoms with Gasteiger partial charge < -0.3 is 15.2 Å². The highest BCUT2D eigenvalue weighted by molar-refractivity contribution is 7.92. The summed E-state index contributed by atoms with van der Waals surface area (Å²) in [5.41, 5.74) is 4.88. The van der Waals surface area contributed by atoms with Crippen LogP contribution in [-0.2, 0) is 19.6 Å². The van der Waals surface area contributed by atoms with Crippen molar-refractivity contribution in [2.75, 3.05) is 11.0 Å². The molecule has 0 heterocycles. The van der Waals surface area contributed by atoms with Gasteiger partial charge in [-0.3, -0.25) is 10.1 Å². The molecule has 0 atom stereocenters. The Kier molecular flexibility index (Phi) is 6.35. The van der Waals surface area contributed by atoms with Crippen LogP contribution in [0.15, 0.2) is 42.5 Å². The van der Waals surface area contributed by atoms with Crippen LogP contribution < -0.4 is 15.2 Å². The van der Waals surface area contributed by atoms with E-state index in [4.69, 9.17) is 15.9 Å². The molecule has 0 bridgehead atoms. The average Bonchev–Trinajstić information content (AvgIpc) is 2.61. The van der Waals surface area contributed by atoms with Crippen LogP contribution in [0.1, 0.15) is 15.9 Å². The van der Waals surface area contributed by atoms with Crippen molar-refractivity contribution in [2.24, 2.45) is 5.73 Å². The first-order valence-corrected chi connectivity index (χ1v) is 9.73. The number of hydrogen-bond acceptors (Lipinski definition) is 7. The monoisotopic (exact) mass is 445 g/mol. The van der Waals surface area contributed by atoms with Gasteiger partial charge in [0, 0.05) is 11.3 Å². The Morgan fingerprint density at radius 2 is 1.70 bits per heavy atom. The lowest BCUT2D eigenvalue weighted by Gasteiger charge is -2.13. The highest BCUT2D eigenvalue weighted by Crippen LogP contribution is 2.30. The molecule has 0 aliphatic rings. The van der Waals surface area contributed by atoms with Gasteiger partial charge in [0.25, 0.3) is 0 Å². The fourth-order valence-corrected chi connectivity index (χ4v) is 2.64. The van der Waals surface area contributed by atoms with Gasteiger partial charge in [0.2, 0.25) is 10.0 Å². The van der Waals surface area contributed by atoms with Gasteiger partial charge in [-0.15, -0.1) is 0 Å². The molecule has 0 amide bonds. The number of benzene rings is 2. The van der Waals surface area contributed by atoms with Crippen LogP contribution in [0.3, 0.4) is 0 Å². The van der Waals surface area contributed by atoms with Crippen LogP contribution in [-0.4, -0.2) is 38.6 Å². The van der Waals surface area contributed by atoms with Crippen LogP contribution in [0.2, 0.25) is 0 Å². The smallest absolute Gasteiger partial charge is 0.456 e. The summed E-state index contributed by atoms with van der Waals surface area (Å²) in [5, 5.41) is 7.32. The summed E-state index contributed by atoms with van der Waals surface area (Å²) in [7, 11) is -3.77. The van der Waals surface area contributed by atoms with Crippen molar-refractivity contribution in [1.29, 1.82) is 5.41 Å². The van der Waals surface area contributed by atoms with Crippen LogP contribution in [0, 0.1) is 5.41 Å². The fraction of sp³-hybridized carbons (Fsp3) is 0.118. The summed E-state index contributed by atoms with van der Waals surface area (Å²) < 4.78 is 71.2. The average molecular weight is 445 g/mol. The Labute approximate surface area is 168 Å². The maximum Gasteiger partial charge on any atom is 0.491 e. The van der Waals surface area contributed by atoms with E-state index < -0.39 is 33.7 Å². The van der Waals surface area contributed by atoms with Crippen LogP contribution in [0.4, 0.5) is 18.9 Å². The second-order valence-corrected chi connectivity index (χ2v) is 7.55. The van der Waals surface area contributed by atoms with Gasteiger partial charge in [0.1, 0.15) is 22.9 Å². The van der Waals surface area contributed by atoms with Crippen molar-refractivity contribution < 1.29 is 40.7 Å². The molecular formula is C17H14F3N3O6S. The third-order valence-corrected chi connectivity index (χ3v) is 3.92. The second-order valence-electron chi connectivity index (χ2n) is 5.80. The Morgan fingerprint density at radius 1 is 1.10 bits per heavy atom. The molecule has 0 spiro atoms. The van der Waals surface area contributed by atoms with Gasteiger partial charge in [-0.05, 0) is 42.5 Å². The van der Waals surface area contributed by atoms with Crippen molar-refractivity contribution in [1.82, 2.24) is 0 Å². The number of hydrogen-bond donors (Lipinski definition) is 3. The zero-order valence-corrected chi connectivity index (χ0v) is 15.9. The number of nitrogen functional groups attached to an aromatic ring is 1. The number of alkyl halides is 3. The minimum atomic E-state index is -5.41. The molecule has 0 unspecified atom stereocenters. The van der Waals surface area contributed by atoms with Crippen molar-refractivity contribution >= 4 is 33.5 Å². The number of sulfonamides is 1. The number of ether oxygens (including phenoxy) is 2. The van der Waals surface area contributed by atoms with Crippen molar-refractivity contribution in [2.45, 2.75) is 6.18 Å². The summed E-state index contributed by atoms with van der Waals surface area (Å²) in [6, 6.07) is 8.71. The van der Waals surface area contributed by atoms with E-state index in [-0.39, 0.29) is 23.0 Å². The van der Waals surface area contributed by atoms with Crippen LogP contribution in [0.25, 0.3) is 0 Å². The summed E-state index contributed by atoms with van der Waals surface area (Å²) >= 11 is 0. The molecule has 0 aliphatic heterocycles. The number of anilines is 1. The van der Waals surface area contributed by atoms with Crippen LogP contribution >= 0.6 is 0 Å². The molecule has 0 fully saturated rings. The maximum atomic E-state index is 12.4. The van der Waals surface area contributed by atoms with E-state index in [1.165, 1.54) is 30.3 Å². The molecule has 2 rings (SSSR count). The molecule has 13 heteroatoms. The SMILES string of the molecule is CS(=O)(=O)Nc1ccc(Oc2ccc(C(=N)N)cc2)c(C(=O)OC(=O)C(F)(F)F)c1. The molecule has 0 saturated heterocycles.